The smallest absolute Gasteiger partial charge is 0.0108 e. The first-order valence-electron chi connectivity index (χ1n) is 4.63. The summed E-state index contributed by atoms with van der Waals surface area (Å²) in [4.78, 5) is 0. The van der Waals surface area contributed by atoms with E-state index >= 15 is 0 Å². The third kappa shape index (κ3) is 1.70. The SMILES string of the molecule is NC(Cc1ccsc1)C1CCC1. The molecule has 1 saturated carbocycles. The van der Waals surface area contributed by atoms with Gasteiger partial charge in [-0.2, -0.15) is 11.3 Å². The largest absolute Gasteiger partial charge is 0.327 e. The highest BCUT2D eigenvalue weighted by Crippen LogP contribution is 2.30. The summed E-state index contributed by atoms with van der Waals surface area (Å²) in [5.74, 6) is 0.810. The van der Waals surface area contributed by atoms with Gasteiger partial charge in [0.1, 0.15) is 0 Å². The minimum absolute atomic E-state index is 0.411. The first-order chi connectivity index (χ1) is 5.86. The first-order valence-corrected chi connectivity index (χ1v) is 5.57. The van der Waals surface area contributed by atoms with Gasteiger partial charge in [-0.3, -0.25) is 0 Å². The summed E-state index contributed by atoms with van der Waals surface area (Å²) < 4.78 is 0. The maximum absolute atomic E-state index is 6.07. The van der Waals surface area contributed by atoms with Crippen molar-refractivity contribution in [1.29, 1.82) is 0 Å². The van der Waals surface area contributed by atoms with Gasteiger partial charge >= 0.3 is 0 Å². The molecule has 0 aromatic carbocycles. The highest BCUT2D eigenvalue weighted by Gasteiger charge is 2.24. The van der Waals surface area contributed by atoms with Gasteiger partial charge in [0.2, 0.25) is 0 Å². The lowest BCUT2D eigenvalue weighted by Crippen LogP contribution is -2.36. The second-order valence-corrected chi connectivity index (χ2v) is 4.47. The average molecular weight is 181 g/mol. The summed E-state index contributed by atoms with van der Waals surface area (Å²) >= 11 is 1.76. The minimum atomic E-state index is 0.411. The highest BCUT2D eigenvalue weighted by atomic mass is 32.1. The van der Waals surface area contributed by atoms with Crippen molar-refractivity contribution in [1.82, 2.24) is 0 Å². The van der Waals surface area contributed by atoms with Crippen LogP contribution in [0.2, 0.25) is 0 Å². The lowest BCUT2D eigenvalue weighted by atomic mass is 9.78. The molecule has 1 heterocycles. The summed E-state index contributed by atoms with van der Waals surface area (Å²) in [7, 11) is 0. The van der Waals surface area contributed by atoms with Gasteiger partial charge in [0, 0.05) is 6.04 Å². The Bertz CT molecular complexity index is 226. The van der Waals surface area contributed by atoms with Gasteiger partial charge in [-0.15, -0.1) is 0 Å². The van der Waals surface area contributed by atoms with Gasteiger partial charge in [-0.1, -0.05) is 6.42 Å². The van der Waals surface area contributed by atoms with E-state index < -0.39 is 0 Å². The van der Waals surface area contributed by atoms with E-state index in [0.29, 0.717) is 6.04 Å². The van der Waals surface area contributed by atoms with Crippen molar-refractivity contribution in [2.75, 3.05) is 0 Å². The van der Waals surface area contributed by atoms with Crippen LogP contribution in [0.3, 0.4) is 0 Å². The van der Waals surface area contributed by atoms with Crippen molar-refractivity contribution in [3.63, 3.8) is 0 Å². The molecule has 0 amide bonds. The third-order valence-corrected chi connectivity index (χ3v) is 3.54. The summed E-state index contributed by atoms with van der Waals surface area (Å²) in [5.41, 5.74) is 7.49. The lowest BCUT2D eigenvalue weighted by molar-refractivity contribution is 0.260. The summed E-state index contributed by atoms with van der Waals surface area (Å²) in [5, 5.41) is 4.33. The lowest BCUT2D eigenvalue weighted by Gasteiger charge is -2.31. The Labute approximate surface area is 77.6 Å². The minimum Gasteiger partial charge on any atom is -0.327 e. The molecule has 1 fully saturated rings. The number of nitrogens with two attached hydrogens (primary N) is 1. The topological polar surface area (TPSA) is 26.0 Å². The van der Waals surface area contributed by atoms with Crippen molar-refractivity contribution in [3.05, 3.63) is 22.4 Å². The molecule has 1 unspecified atom stereocenters. The predicted molar refractivity (Wildman–Crippen MR) is 53.3 cm³/mol. The van der Waals surface area contributed by atoms with Crippen molar-refractivity contribution in [3.8, 4) is 0 Å². The zero-order chi connectivity index (χ0) is 8.39. The quantitative estimate of drug-likeness (QED) is 0.761. The molecule has 1 aliphatic rings. The Kier molecular flexibility index (Phi) is 2.47. The molecule has 1 aromatic rings. The van der Waals surface area contributed by atoms with E-state index in [0.717, 1.165) is 12.3 Å². The zero-order valence-corrected chi connectivity index (χ0v) is 8.02. The Morgan fingerprint density at radius 3 is 2.92 bits per heavy atom. The maximum Gasteiger partial charge on any atom is 0.0108 e. The average Bonchev–Trinajstić information content (AvgIpc) is 2.34. The molecule has 0 saturated heterocycles. The van der Waals surface area contributed by atoms with Gasteiger partial charge in [0.05, 0.1) is 0 Å². The van der Waals surface area contributed by atoms with E-state index in [-0.39, 0.29) is 0 Å². The maximum atomic E-state index is 6.07. The van der Waals surface area contributed by atoms with Crippen LogP contribution in [0.5, 0.6) is 0 Å². The van der Waals surface area contributed by atoms with Crippen LogP contribution in [-0.4, -0.2) is 6.04 Å². The van der Waals surface area contributed by atoms with E-state index in [2.05, 4.69) is 16.8 Å². The van der Waals surface area contributed by atoms with Gasteiger partial charge in [-0.25, -0.2) is 0 Å². The van der Waals surface area contributed by atoms with Crippen LogP contribution in [0.15, 0.2) is 16.8 Å². The van der Waals surface area contributed by atoms with Crippen LogP contribution in [-0.2, 0) is 6.42 Å². The molecule has 1 aromatic heterocycles. The molecule has 1 atom stereocenters. The van der Waals surface area contributed by atoms with Crippen LogP contribution in [0.1, 0.15) is 24.8 Å². The standard InChI is InChI=1S/C10H15NS/c11-10(9-2-1-3-9)6-8-4-5-12-7-8/h4-5,7,9-10H,1-3,6,11H2. The Morgan fingerprint density at radius 1 is 1.58 bits per heavy atom. The second-order valence-electron chi connectivity index (χ2n) is 3.69. The molecule has 0 radical (unpaired) electrons. The summed E-state index contributed by atoms with van der Waals surface area (Å²) in [6.07, 6.45) is 5.17. The fraction of sp³-hybridized carbons (Fsp3) is 0.600. The van der Waals surface area contributed by atoms with Gasteiger partial charge in [0.25, 0.3) is 0 Å². The van der Waals surface area contributed by atoms with Crippen LogP contribution >= 0.6 is 11.3 Å². The molecule has 0 spiro atoms. The molecule has 2 heteroatoms. The van der Waals surface area contributed by atoms with Crippen molar-refractivity contribution in [2.24, 2.45) is 11.7 Å². The number of rotatable bonds is 3. The summed E-state index contributed by atoms with van der Waals surface area (Å²) in [6.45, 7) is 0. The fourth-order valence-electron chi connectivity index (χ4n) is 1.72. The van der Waals surface area contributed by atoms with E-state index in [4.69, 9.17) is 5.73 Å². The van der Waals surface area contributed by atoms with Crippen molar-refractivity contribution >= 4 is 11.3 Å². The zero-order valence-electron chi connectivity index (χ0n) is 7.20. The van der Waals surface area contributed by atoms with Crippen LogP contribution in [0, 0.1) is 5.92 Å². The van der Waals surface area contributed by atoms with Crippen molar-refractivity contribution < 1.29 is 0 Å². The molecule has 1 nitrogen and oxygen atoms in total. The number of thiophene rings is 1. The normalized spacial score (nSPS) is 20.4. The van der Waals surface area contributed by atoms with Crippen LogP contribution in [0.4, 0.5) is 0 Å². The van der Waals surface area contributed by atoms with Gasteiger partial charge < -0.3 is 5.73 Å². The molecule has 0 aliphatic heterocycles. The van der Waals surface area contributed by atoms with E-state index in [1.54, 1.807) is 11.3 Å². The highest BCUT2D eigenvalue weighted by molar-refractivity contribution is 7.07. The van der Waals surface area contributed by atoms with Crippen LogP contribution < -0.4 is 5.73 Å². The molecule has 0 bridgehead atoms. The molecule has 66 valence electrons. The first kappa shape index (κ1) is 8.27. The predicted octanol–water partition coefficient (Wildman–Crippen LogP) is 2.42. The fourth-order valence-corrected chi connectivity index (χ4v) is 2.40. The second kappa shape index (κ2) is 3.58. The van der Waals surface area contributed by atoms with Gasteiger partial charge in [-0.05, 0) is 47.6 Å². The molecular formula is C10H15NS. The van der Waals surface area contributed by atoms with E-state index in [1.165, 1.54) is 24.8 Å². The molecule has 2 N–H and O–H groups in total. The van der Waals surface area contributed by atoms with E-state index in [1.807, 2.05) is 0 Å². The monoisotopic (exact) mass is 181 g/mol. The molecule has 12 heavy (non-hydrogen) atoms. The Balaban J connectivity index is 1.86. The Hall–Kier alpha value is -0.340. The number of hydrogen-bond donors (Lipinski definition) is 1. The van der Waals surface area contributed by atoms with Crippen LogP contribution in [0.25, 0.3) is 0 Å². The molecule has 2 rings (SSSR count). The van der Waals surface area contributed by atoms with Crippen molar-refractivity contribution in [2.45, 2.75) is 31.7 Å². The number of hydrogen-bond acceptors (Lipinski definition) is 2. The Morgan fingerprint density at radius 2 is 2.42 bits per heavy atom. The molecular weight excluding hydrogens is 166 g/mol. The summed E-state index contributed by atoms with van der Waals surface area (Å²) in [6, 6.07) is 2.59. The van der Waals surface area contributed by atoms with Gasteiger partial charge in [0.15, 0.2) is 0 Å². The third-order valence-electron chi connectivity index (χ3n) is 2.81. The van der Waals surface area contributed by atoms with E-state index in [9.17, 15) is 0 Å². The molecule has 1 aliphatic carbocycles.